The number of aromatic amines is 1. The first kappa shape index (κ1) is 13.5. The third-order valence-electron chi connectivity index (χ3n) is 3.86. The second kappa shape index (κ2) is 5.55. The van der Waals surface area contributed by atoms with Gasteiger partial charge in [0.15, 0.2) is 11.6 Å². The fourth-order valence-corrected chi connectivity index (χ4v) is 3.52. The molecular formula is C16H15N3O2S. The van der Waals surface area contributed by atoms with E-state index in [-0.39, 0.29) is 5.56 Å². The molecule has 0 spiro atoms. The minimum absolute atomic E-state index is 0.0627. The van der Waals surface area contributed by atoms with Crippen LogP contribution in [0.1, 0.15) is 16.1 Å². The van der Waals surface area contributed by atoms with Crippen LogP contribution < -0.4 is 5.56 Å². The van der Waals surface area contributed by atoms with E-state index >= 15 is 0 Å². The van der Waals surface area contributed by atoms with Crippen molar-refractivity contribution in [2.24, 2.45) is 0 Å². The molecule has 1 aliphatic heterocycles. The summed E-state index contributed by atoms with van der Waals surface area (Å²) in [7, 11) is 0. The van der Waals surface area contributed by atoms with E-state index in [2.05, 4.69) is 32.4 Å². The Bertz CT molecular complexity index is 822. The van der Waals surface area contributed by atoms with Crippen LogP contribution in [0, 0.1) is 0 Å². The number of nitrogens with one attached hydrogen (secondary N) is 1. The Balaban J connectivity index is 1.61. The molecule has 0 amide bonds. The topological polar surface area (TPSA) is 62.1 Å². The van der Waals surface area contributed by atoms with Crippen molar-refractivity contribution in [1.29, 1.82) is 0 Å². The second-order valence-electron chi connectivity index (χ2n) is 5.36. The summed E-state index contributed by atoms with van der Waals surface area (Å²) in [6.07, 6.45) is 2.37. The van der Waals surface area contributed by atoms with Crippen molar-refractivity contribution in [3.63, 3.8) is 0 Å². The molecule has 0 bridgehead atoms. The summed E-state index contributed by atoms with van der Waals surface area (Å²) in [6.45, 7) is 2.45. The summed E-state index contributed by atoms with van der Waals surface area (Å²) < 4.78 is 5.32. The van der Waals surface area contributed by atoms with Crippen LogP contribution in [-0.2, 0) is 19.5 Å². The van der Waals surface area contributed by atoms with Gasteiger partial charge in [0, 0.05) is 30.9 Å². The molecule has 4 heterocycles. The number of furan rings is 1. The molecule has 112 valence electrons. The minimum Gasteiger partial charge on any atom is -0.461 e. The zero-order valence-corrected chi connectivity index (χ0v) is 12.7. The van der Waals surface area contributed by atoms with Crippen LogP contribution in [-0.4, -0.2) is 21.4 Å². The minimum atomic E-state index is -0.0627. The van der Waals surface area contributed by atoms with Crippen LogP contribution in [0.5, 0.6) is 0 Å². The molecule has 22 heavy (non-hydrogen) atoms. The summed E-state index contributed by atoms with van der Waals surface area (Å²) >= 11 is 1.75. The highest BCUT2D eigenvalue weighted by molar-refractivity contribution is 7.09. The lowest BCUT2D eigenvalue weighted by Crippen LogP contribution is -2.35. The number of hydrogen-bond donors (Lipinski definition) is 1. The van der Waals surface area contributed by atoms with Crippen molar-refractivity contribution in [2.75, 3.05) is 6.54 Å². The fourth-order valence-electron chi connectivity index (χ4n) is 2.77. The van der Waals surface area contributed by atoms with Gasteiger partial charge in [0.05, 0.1) is 17.5 Å². The molecule has 0 saturated carbocycles. The summed E-state index contributed by atoms with van der Waals surface area (Å²) in [6, 6.07) is 7.78. The monoisotopic (exact) mass is 313 g/mol. The van der Waals surface area contributed by atoms with Crippen LogP contribution in [0.15, 0.2) is 45.1 Å². The summed E-state index contributed by atoms with van der Waals surface area (Å²) in [5.74, 6) is 1.11. The van der Waals surface area contributed by atoms with Crippen LogP contribution >= 0.6 is 11.3 Å². The van der Waals surface area contributed by atoms with Gasteiger partial charge in [-0.15, -0.1) is 11.3 Å². The maximum atomic E-state index is 12.4. The van der Waals surface area contributed by atoms with Gasteiger partial charge in [-0.3, -0.25) is 9.69 Å². The number of nitrogens with zero attached hydrogens (tertiary/aromatic N) is 2. The smallest absolute Gasteiger partial charge is 0.256 e. The maximum Gasteiger partial charge on any atom is 0.256 e. The Labute approximate surface area is 131 Å². The first-order valence-electron chi connectivity index (χ1n) is 7.20. The molecule has 3 aromatic rings. The van der Waals surface area contributed by atoms with Crippen LogP contribution in [0.25, 0.3) is 11.6 Å². The van der Waals surface area contributed by atoms with Gasteiger partial charge < -0.3 is 9.40 Å². The quantitative estimate of drug-likeness (QED) is 0.807. The SMILES string of the molecule is O=c1[nH]c(-c2ccco2)nc2c1CN(Cc1cccs1)CC2. The summed E-state index contributed by atoms with van der Waals surface area (Å²) in [4.78, 5) is 23.4. The van der Waals surface area contributed by atoms with E-state index in [1.165, 1.54) is 4.88 Å². The lowest BCUT2D eigenvalue weighted by Gasteiger charge is -2.27. The van der Waals surface area contributed by atoms with Gasteiger partial charge in [-0.05, 0) is 23.6 Å². The van der Waals surface area contributed by atoms with Gasteiger partial charge in [-0.2, -0.15) is 0 Å². The van der Waals surface area contributed by atoms with Gasteiger partial charge in [-0.25, -0.2) is 4.98 Å². The van der Waals surface area contributed by atoms with Crippen molar-refractivity contribution in [2.45, 2.75) is 19.5 Å². The Kier molecular flexibility index (Phi) is 3.40. The zero-order valence-electron chi connectivity index (χ0n) is 11.9. The molecule has 0 unspecified atom stereocenters. The predicted octanol–water partition coefficient (Wildman–Crippen LogP) is 2.65. The van der Waals surface area contributed by atoms with Gasteiger partial charge in [0.1, 0.15) is 0 Å². The van der Waals surface area contributed by atoms with Crippen LogP contribution in [0.2, 0.25) is 0 Å². The van der Waals surface area contributed by atoms with E-state index in [4.69, 9.17) is 4.42 Å². The number of aromatic nitrogens is 2. The molecule has 1 N–H and O–H groups in total. The van der Waals surface area contributed by atoms with Gasteiger partial charge in [-0.1, -0.05) is 6.07 Å². The number of hydrogen-bond acceptors (Lipinski definition) is 5. The molecule has 0 fully saturated rings. The first-order valence-corrected chi connectivity index (χ1v) is 8.08. The van der Waals surface area contributed by atoms with E-state index in [9.17, 15) is 4.79 Å². The summed E-state index contributed by atoms with van der Waals surface area (Å²) in [5.41, 5.74) is 1.60. The average Bonchev–Trinajstić information content (AvgIpc) is 3.20. The molecule has 5 nitrogen and oxygen atoms in total. The van der Waals surface area contributed by atoms with Gasteiger partial charge >= 0.3 is 0 Å². The third-order valence-corrected chi connectivity index (χ3v) is 4.72. The Hall–Kier alpha value is -2.18. The molecule has 3 aromatic heterocycles. The number of thiophene rings is 1. The normalized spacial score (nSPS) is 14.9. The molecular weight excluding hydrogens is 298 g/mol. The predicted molar refractivity (Wildman–Crippen MR) is 84.7 cm³/mol. The lowest BCUT2D eigenvalue weighted by atomic mass is 10.1. The molecule has 4 rings (SSSR count). The van der Waals surface area contributed by atoms with Gasteiger partial charge in [0.25, 0.3) is 5.56 Å². The average molecular weight is 313 g/mol. The zero-order chi connectivity index (χ0) is 14.9. The number of H-pyrrole nitrogens is 1. The lowest BCUT2D eigenvalue weighted by molar-refractivity contribution is 0.244. The van der Waals surface area contributed by atoms with E-state index in [0.29, 0.717) is 18.1 Å². The molecule has 0 saturated heterocycles. The maximum absolute atomic E-state index is 12.4. The van der Waals surface area contributed by atoms with E-state index < -0.39 is 0 Å². The third kappa shape index (κ3) is 2.51. The molecule has 0 aromatic carbocycles. The number of fused-ring (bicyclic) bond motifs is 1. The Morgan fingerprint density at radius 1 is 1.36 bits per heavy atom. The molecule has 6 heteroatoms. The van der Waals surface area contributed by atoms with Gasteiger partial charge in [0.2, 0.25) is 0 Å². The van der Waals surface area contributed by atoms with Crippen molar-refractivity contribution in [3.05, 3.63) is 62.4 Å². The largest absolute Gasteiger partial charge is 0.461 e. The van der Waals surface area contributed by atoms with E-state index in [1.54, 1.807) is 29.7 Å². The second-order valence-corrected chi connectivity index (χ2v) is 6.39. The molecule has 1 aliphatic rings. The van der Waals surface area contributed by atoms with Crippen molar-refractivity contribution < 1.29 is 4.42 Å². The van der Waals surface area contributed by atoms with Crippen molar-refractivity contribution in [1.82, 2.24) is 14.9 Å². The van der Waals surface area contributed by atoms with Crippen LogP contribution in [0.4, 0.5) is 0 Å². The van der Waals surface area contributed by atoms with Crippen molar-refractivity contribution in [3.8, 4) is 11.6 Å². The Morgan fingerprint density at radius 2 is 2.32 bits per heavy atom. The van der Waals surface area contributed by atoms with E-state index in [1.807, 2.05) is 0 Å². The fraction of sp³-hybridized carbons (Fsp3) is 0.250. The molecule has 0 radical (unpaired) electrons. The Morgan fingerprint density at radius 3 is 3.09 bits per heavy atom. The molecule has 0 aliphatic carbocycles. The van der Waals surface area contributed by atoms with Crippen LogP contribution in [0.3, 0.4) is 0 Å². The highest BCUT2D eigenvalue weighted by atomic mass is 32.1. The molecule has 0 atom stereocenters. The number of rotatable bonds is 3. The standard InChI is InChI=1S/C16H15N3O2S/c20-16-12-10-19(9-11-3-2-8-22-11)6-5-13(12)17-15(18-16)14-4-1-7-21-14/h1-4,7-8H,5-6,9-10H2,(H,17,18,20). The highest BCUT2D eigenvalue weighted by Gasteiger charge is 2.22. The highest BCUT2D eigenvalue weighted by Crippen LogP contribution is 2.21. The van der Waals surface area contributed by atoms with E-state index in [0.717, 1.165) is 30.8 Å². The van der Waals surface area contributed by atoms with Crippen molar-refractivity contribution >= 4 is 11.3 Å². The first-order chi connectivity index (χ1) is 10.8. The summed E-state index contributed by atoms with van der Waals surface area (Å²) in [5, 5.41) is 2.08.